The number of rotatable bonds is 1. The van der Waals surface area contributed by atoms with Crippen molar-refractivity contribution in [1.82, 2.24) is 0 Å². The van der Waals surface area contributed by atoms with E-state index in [-0.39, 0.29) is 12.1 Å². The third-order valence-electron chi connectivity index (χ3n) is 4.79. The van der Waals surface area contributed by atoms with Crippen LogP contribution in [0.1, 0.15) is 37.3 Å². The van der Waals surface area contributed by atoms with E-state index in [0.29, 0.717) is 29.8 Å². The van der Waals surface area contributed by atoms with Crippen LogP contribution in [0.4, 0.5) is 5.69 Å². The van der Waals surface area contributed by atoms with Crippen molar-refractivity contribution in [1.29, 1.82) is 5.26 Å². The molecule has 112 valence electrons. The quantitative estimate of drug-likeness (QED) is 0.836. The topological polar surface area (TPSA) is 67.5 Å². The van der Waals surface area contributed by atoms with E-state index >= 15 is 0 Å². The lowest BCUT2D eigenvalue weighted by Gasteiger charge is -2.44. The Morgan fingerprint density at radius 3 is 2.76 bits per heavy atom. The van der Waals surface area contributed by atoms with Crippen LogP contribution in [0.15, 0.2) is 12.1 Å². The average Bonchev–Trinajstić information content (AvgIpc) is 2.61. The van der Waals surface area contributed by atoms with E-state index in [2.05, 4.69) is 11.0 Å². The largest absolute Gasteiger partial charge is 0.391 e. The summed E-state index contributed by atoms with van der Waals surface area (Å²) in [7, 11) is 0. The van der Waals surface area contributed by atoms with E-state index < -0.39 is 11.7 Å². The Bertz CT molecular complexity index is 623. The van der Waals surface area contributed by atoms with Gasteiger partial charge in [-0.05, 0) is 50.8 Å². The van der Waals surface area contributed by atoms with Gasteiger partial charge in [0, 0.05) is 11.7 Å². The molecule has 1 aromatic carbocycles. The van der Waals surface area contributed by atoms with E-state index in [9.17, 15) is 10.2 Å². The number of halogens is 1. The number of hydrogen-bond donors (Lipinski definition) is 2. The molecule has 0 spiro atoms. The number of hydrogen-bond acceptors (Lipinski definition) is 4. The maximum atomic E-state index is 10.3. The van der Waals surface area contributed by atoms with Crippen LogP contribution in [0.3, 0.4) is 0 Å². The van der Waals surface area contributed by atoms with Crippen LogP contribution in [0.5, 0.6) is 0 Å². The number of benzene rings is 1. The van der Waals surface area contributed by atoms with Crippen molar-refractivity contribution in [2.75, 3.05) is 4.90 Å². The highest BCUT2D eigenvalue weighted by molar-refractivity contribution is 6.32. The number of piperidine rings is 1. The molecule has 2 fully saturated rings. The predicted molar refractivity (Wildman–Crippen MR) is 81.4 cm³/mol. The first-order chi connectivity index (χ1) is 9.84. The number of anilines is 1. The fourth-order valence-corrected chi connectivity index (χ4v) is 4.08. The number of nitriles is 1. The SMILES string of the molecule is Cc1c(N2[C@@H]3CC(O)[C@H]2C[C@@](C)(O)C3)ccc(C#N)c1Cl. The lowest BCUT2D eigenvalue weighted by molar-refractivity contribution is 0.0128. The summed E-state index contributed by atoms with van der Waals surface area (Å²) in [6.07, 6.45) is 1.41. The van der Waals surface area contributed by atoms with Gasteiger partial charge in [-0.2, -0.15) is 5.26 Å². The van der Waals surface area contributed by atoms with Gasteiger partial charge in [-0.15, -0.1) is 0 Å². The second kappa shape index (κ2) is 4.88. The Morgan fingerprint density at radius 2 is 2.14 bits per heavy atom. The zero-order valence-corrected chi connectivity index (χ0v) is 12.9. The van der Waals surface area contributed by atoms with Gasteiger partial charge in [-0.25, -0.2) is 0 Å². The standard InChI is InChI=1S/C16H19ClN2O2/c1-9-12(4-3-10(8-18)15(9)17)19-11-5-14(20)13(19)7-16(2,21)6-11/h3-4,11,13-14,20-21H,5-7H2,1-2H3/t11-,13-,14?,16+/m1/s1. The fourth-order valence-electron chi connectivity index (χ4n) is 3.88. The molecule has 0 radical (unpaired) electrons. The molecule has 3 rings (SSSR count). The number of nitrogens with zero attached hydrogens (tertiary/aromatic N) is 2. The van der Waals surface area contributed by atoms with Gasteiger partial charge >= 0.3 is 0 Å². The summed E-state index contributed by atoms with van der Waals surface area (Å²) in [6.45, 7) is 3.73. The Morgan fingerprint density at radius 1 is 1.43 bits per heavy atom. The molecule has 2 aliphatic rings. The van der Waals surface area contributed by atoms with Crippen LogP contribution in [0.2, 0.25) is 5.02 Å². The molecular weight excluding hydrogens is 288 g/mol. The molecule has 0 aliphatic carbocycles. The predicted octanol–water partition coefficient (Wildman–Crippen LogP) is 2.37. The smallest absolute Gasteiger partial charge is 0.101 e. The number of aliphatic hydroxyl groups is 2. The Hall–Kier alpha value is -1.28. The number of aliphatic hydroxyl groups excluding tert-OH is 1. The monoisotopic (exact) mass is 306 g/mol. The maximum Gasteiger partial charge on any atom is 0.101 e. The summed E-state index contributed by atoms with van der Waals surface area (Å²) in [4.78, 5) is 2.19. The molecule has 4 atom stereocenters. The zero-order chi connectivity index (χ0) is 15.4. The Kier molecular flexibility index (Phi) is 3.40. The summed E-state index contributed by atoms with van der Waals surface area (Å²) >= 11 is 6.26. The normalized spacial score (nSPS) is 34.9. The van der Waals surface area contributed by atoms with Gasteiger partial charge in [0.05, 0.1) is 28.3 Å². The Balaban J connectivity index is 2.03. The van der Waals surface area contributed by atoms with Gasteiger partial charge in [0.2, 0.25) is 0 Å². The highest BCUT2D eigenvalue weighted by Gasteiger charge is 2.50. The van der Waals surface area contributed by atoms with Gasteiger partial charge in [0.15, 0.2) is 0 Å². The first-order valence-corrected chi connectivity index (χ1v) is 7.60. The highest BCUT2D eigenvalue weighted by Crippen LogP contribution is 2.45. The summed E-state index contributed by atoms with van der Waals surface area (Å²) in [5.41, 5.74) is 1.56. The van der Waals surface area contributed by atoms with Crippen LogP contribution >= 0.6 is 11.6 Å². The molecule has 1 aromatic rings. The minimum absolute atomic E-state index is 0.0959. The molecule has 4 nitrogen and oxygen atoms in total. The first kappa shape index (κ1) is 14.6. The van der Waals surface area contributed by atoms with Gasteiger partial charge in [0.25, 0.3) is 0 Å². The summed E-state index contributed by atoms with van der Waals surface area (Å²) in [5, 5.41) is 30.1. The van der Waals surface area contributed by atoms with Gasteiger partial charge < -0.3 is 15.1 Å². The summed E-state index contributed by atoms with van der Waals surface area (Å²) in [5.74, 6) is 0. The third kappa shape index (κ3) is 2.30. The average molecular weight is 307 g/mol. The molecule has 2 heterocycles. The van der Waals surface area contributed by atoms with Crippen molar-refractivity contribution < 1.29 is 10.2 Å². The lowest BCUT2D eigenvalue weighted by Crippen LogP contribution is -2.51. The van der Waals surface area contributed by atoms with Crippen molar-refractivity contribution in [3.05, 3.63) is 28.3 Å². The summed E-state index contributed by atoms with van der Waals surface area (Å²) in [6, 6.07) is 5.72. The molecule has 1 unspecified atom stereocenters. The molecule has 2 aliphatic heterocycles. The van der Waals surface area contributed by atoms with Crippen molar-refractivity contribution in [2.45, 2.75) is 56.9 Å². The zero-order valence-electron chi connectivity index (χ0n) is 12.2. The van der Waals surface area contributed by atoms with Crippen molar-refractivity contribution >= 4 is 17.3 Å². The minimum atomic E-state index is -0.729. The first-order valence-electron chi connectivity index (χ1n) is 7.22. The van der Waals surface area contributed by atoms with Crippen LogP contribution < -0.4 is 4.90 Å². The molecule has 21 heavy (non-hydrogen) atoms. The van der Waals surface area contributed by atoms with Crippen LogP contribution in [-0.4, -0.2) is 34.0 Å². The van der Waals surface area contributed by atoms with E-state index in [0.717, 1.165) is 11.3 Å². The van der Waals surface area contributed by atoms with E-state index in [1.54, 1.807) is 6.07 Å². The van der Waals surface area contributed by atoms with Gasteiger partial charge in [-0.3, -0.25) is 0 Å². The fraction of sp³-hybridized carbons (Fsp3) is 0.562. The van der Waals surface area contributed by atoms with E-state index in [1.807, 2.05) is 19.9 Å². The lowest BCUT2D eigenvalue weighted by atomic mass is 9.87. The Labute approximate surface area is 129 Å². The molecule has 2 saturated heterocycles. The van der Waals surface area contributed by atoms with Crippen molar-refractivity contribution in [2.24, 2.45) is 0 Å². The molecule has 5 heteroatoms. The molecule has 2 bridgehead atoms. The molecule has 0 amide bonds. The van der Waals surface area contributed by atoms with Gasteiger partial charge in [-0.1, -0.05) is 11.6 Å². The van der Waals surface area contributed by atoms with Gasteiger partial charge in [0.1, 0.15) is 6.07 Å². The van der Waals surface area contributed by atoms with Crippen molar-refractivity contribution in [3.63, 3.8) is 0 Å². The third-order valence-corrected chi connectivity index (χ3v) is 5.28. The second-order valence-corrected chi connectivity index (χ2v) is 6.90. The van der Waals surface area contributed by atoms with Crippen LogP contribution in [0.25, 0.3) is 0 Å². The van der Waals surface area contributed by atoms with Crippen LogP contribution in [0, 0.1) is 18.3 Å². The molecule has 2 N–H and O–H groups in total. The molecule has 0 aromatic heterocycles. The maximum absolute atomic E-state index is 10.3. The summed E-state index contributed by atoms with van der Waals surface area (Å²) < 4.78 is 0. The number of fused-ring (bicyclic) bond motifs is 2. The molecule has 0 saturated carbocycles. The second-order valence-electron chi connectivity index (χ2n) is 6.52. The molecular formula is C16H19ClN2O2. The van der Waals surface area contributed by atoms with E-state index in [4.69, 9.17) is 16.9 Å². The van der Waals surface area contributed by atoms with E-state index in [1.165, 1.54) is 0 Å². The highest BCUT2D eigenvalue weighted by atomic mass is 35.5. The van der Waals surface area contributed by atoms with Crippen molar-refractivity contribution in [3.8, 4) is 6.07 Å². The minimum Gasteiger partial charge on any atom is -0.391 e. The van der Waals surface area contributed by atoms with Crippen LogP contribution in [-0.2, 0) is 0 Å².